The van der Waals surface area contributed by atoms with Crippen LogP contribution in [0, 0.1) is 0 Å². The molecule has 2 atom stereocenters. The summed E-state index contributed by atoms with van der Waals surface area (Å²) in [4.78, 5) is 0. The third-order valence-corrected chi connectivity index (χ3v) is 6.90. The Morgan fingerprint density at radius 2 is 2.19 bits per heavy atom. The first-order valence-corrected chi connectivity index (χ1v) is 9.57. The molecule has 120 valence electrons. The molecule has 21 heavy (non-hydrogen) atoms. The molecule has 5 nitrogen and oxygen atoms in total. The summed E-state index contributed by atoms with van der Waals surface area (Å²) in [7, 11) is -3.42. The summed E-state index contributed by atoms with van der Waals surface area (Å²) in [6.45, 7) is 9.49. The van der Waals surface area contributed by atoms with E-state index in [1.165, 1.54) is 11.3 Å². The van der Waals surface area contributed by atoms with Crippen molar-refractivity contribution in [3.8, 4) is 0 Å². The third kappa shape index (κ3) is 4.04. The molecule has 1 N–H and O–H groups in total. The molecule has 0 saturated carbocycles. The number of sulfonamides is 1. The van der Waals surface area contributed by atoms with E-state index in [4.69, 9.17) is 4.74 Å². The quantitative estimate of drug-likeness (QED) is 0.896. The zero-order valence-corrected chi connectivity index (χ0v) is 14.6. The van der Waals surface area contributed by atoms with Crippen LogP contribution in [-0.2, 0) is 21.3 Å². The molecule has 1 aromatic heterocycles. The number of morpholine rings is 1. The molecule has 1 aliphatic rings. The maximum atomic E-state index is 12.8. The van der Waals surface area contributed by atoms with Gasteiger partial charge in [0.1, 0.15) is 4.21 Å². The summed E-state index contributed by atoms with van der Waals surface area (Å²) in [5.41, 5.74) is 1.02. The molecule has 7 heteroatoms. The lowest BCUT2D eigenvalue weighted by atomic mass is 10.2. The van der Waals surface area contributed by atoms with Crippen LogP contribution in [0.15, 0.2) is 15.7 Å². The van der Waals surface area contributed by atoms with E-state index in [2.05, 4.69) is 19.2 Å². The average Bonchev–Trinajstić information content (AvgIpc) is 2.88. The highest BCUT2D eigenvalue weighted by Gasteiger charge is 2.34. The molecular formula is C14H24N2O3S2. The van der Waals surface area contributed by atoms with Gasteiger partial charge in [0.05, 0.1) is 12.7 Å². The summed E-state index contributed by atoms with van der Waals surface area (Å²) < 4.78 is 33.0. The van der Waals surface area contributed by atoms with Crippen molar-refractivity contribution in [3.63, 3.8) is 0 Å². The smallest absolute Gasteiger partial charge is 0.252 e. The molecule has 2 heterocycles. The van der Waals surface area contributed by atoms with E-state index >= 15 is 0 Å². The lowest BCUT2D eigenvalue weighted by Gasteiger charge is -2.35. The Balaban J connectivity index is 2.15. The van der Waals surface area contributed by atoms with Crippen LogP contribution in [0.5, 0.6) is 0 Å². The van der Waals surface area contributed by atoms with E-state index < -0.39 is 10.0 Å². The highest BCUT2D eigenvalue weighted by atomic mass is 32.2. The monoisotopic (exact) mass is 332 g/mol. The number of hydrogen-bond donors (Lipinski definition) is 1. The zero-order chi connectivity index (χ0) is 15.6. The Morgan fingerprint density at radius 1 is 1.48 bits per heavy atom. The fourth-order valence-electron chi connectivity index (χ4n) is 2.23. The van der Waals surface area contributed by atoms with Gasteiger partial charge in [-0.1, -0.05) is 13.8 Å². The predicted octanol–water partition coefficient (Wildman–Crippen LogP) is 2.04. The topological polar surface area (TPSA) is 58.6 Å². The van der Waals surface area contributed by atoms with Gasteiger partial charge < -0.3 is 10.1 Å². The Kier molecular flexibility index (Phi) is 5.43. The van der Waals surface area contributed by atoms with Gasteiger partial charge in [-0.05, 0) is 30.9 Å². The minimum atomic E-state index is -3.42. The molecule has 2 unspecified atom stereocenters. The van der Waals surface area contributed by atoms with Crippen LogP contribution in [0.1, 0.15) is 33.3 Å². The second-order valence-corrected chi connectivity index (χ2v) is 8.91. The van der Waals surface area contributed by atoms with Gasteiger partial charge in [0.15, 0.2) is 0 Å². The van der Waals surface area contributed by atoms with Crippen LogP contribution in [-0.4, -0.2) is 44.1 Å². The van der Waals surface area contributed by atoms with Crippen molar-refractivity contribution < 1.29 is 13.2 Å². The first-order valence-electron chi connectivity index (χ1n) is 7.25. The van der Waals surface area contributed by atoms with Crippen molar-refractivity contribution in [2.45, 2.75) is 56.6 Å². The summed E-state index contributed by atoms with van der Waals surface area (Å²) in [5.74, 6) is 0. The van der Waals surface area contributed by atoms with Crippen LogP contribution < -0.4 is 5.32 Å². The second kappa shape index (κ2) is 6.75. The number of ether oxygens (including phenoxy) is 1. The van der Waals surface area contributed by atoms with Gasteiger partial charge >= 0.3 is 0 Å². The number of rotatable bonds is 5. The van der Waals surface area contributed by atoms with Crippen LogP contribution in [0.3, 0.4) is 0 Å². The third-order valence-electron chi connectivity index (χ3n) is 3.46. The SMILES string of the molecule is CC(C)NCc1csc(S(=O)(=O)N2CC(C)OCC2C)c1. The van der Waals surface area contributed by atoms with E-state index in [1.807, 2.05) is 19.2 Å². The van der Waals surface area contributed by atoms with Gasteiger partial charge in [-0.2, -0.15) is 4.31 Å². The Labute approximate surface area is 131 Å². The molecule has 0 bridgehead atoms. The highest BCUT2D eigenvalue weighted by molar-refractivity contribution is 7.91. The summed E-state index contributed by atoms with van der Waals surface area (Å²) in [5, 5.41) is 5.21. The molecule has 0 aromatic carbocycles. The van der Waals surface area contributed by atoms with Gasteiger partial charge in [-0.15, -0.1) is 11.3 Å². The summed E-state index contributed by atoms with van der Waals surface area (Å²) in [6, 6.07) is 2.04. The second-order valence-electron chi connectivity index (χ2n) is 5.88. The Morgan fingerprint density at radius 3 is 2.86 bits per heavy atom. The Hall–Kier alpha value is -0.470. The van der Waals surface area contributed by atoms with Crippen LogP contribution in [0.4, 0.5) is 0 Å². The van der Waals surface area contributed by atoms with Crippen LogP contribution in [0.2, 0.25) is 0 Å². The van der Waals surface area contributed by atoms with Gasteiger partial charge in [-0.25, -0.2) is 8.42 Å². The highest BCUT2D eigenvalue weighted by Crippen LogP contribution is 2.27. The van der Waals surface area contributed by atoms with Crippen molar-refractivity contribution in [1.29, 1.82) is 0 Å². The lowest BCUT2D eigenvalue weighted by molar-refractivity contribution is -0.0170. The fraction of sp³-hybridized carbons (Fsp3) is 0.714. The minimum Gasteiger partial charge on any atom is -0.375 e. The number of nitrogens with one attached hydrogen (secondary N) is 1. The zero-order valence-electron chi connectivity index (χ0n) is 13.0. The molecule has 0 spiro atoms. The van der Waals surface area contributed by atoms with Gasteiger partial charge in [0, 0.05) is 25.2 Å². The number of thiophene rings is 1. The van der Waals surface area contributed by atoms with E-state index in [0.717, 1.165) is 5.56 Å². The normalized spacial score (nSPS) is 24.6. The average molecular weight is 332 g/mol. The summed E-state index contributed by atoms with van der Waals surface area (Å²) in [6.07, 6.45) is -0.0574. The first-order chi connectivity index (χ1) is 9.80. The van der Waals surface area contributed by atoms with Crippen molar-refractivity contribution in [2.24, 2.45) is 0 Å². The fourth-order valence-corrected chi connectivity index (χ4v) is 5.25. The molecular weight excluding hydrogens is 308 g/mol. The molecule has 0 radical (unpaired) electrons. The molecule has 2 rings (SSSR count). The van der Waals surface area contributed by atoms with Gasteiger partial charge in [0.2, 0.25) is 0 Å². The standard InChI is InChI=1S/C14H24N2O3S2/c1-10(2)15-6-13-5-14(20-9-13)21(17,18)16-7-12(4)19-8-11(16)3/h5,9-12,15H,6-8H2,1-4H3. The lowest BCUT2D eigenvalue weighted by Crippen LogP contribution is -2.49. The largest absolute Gasteiger partial charge is 0.375 e. The first kappa shape index (κ1) is 16.9. The van der Waals surface area contributed by atoms with Crippen molar-refractivity contribution >= 4 is 21.4 Å². The maximum Gasteiger partial charge on any atom is 0.252 e. The van der Waals surface area contributed by atoms with Crippen LogP contribution >= 0.6 is 11.3 Å². The minimum absolute atomic E-state index is 0.0574. The van der Waals surface area contributed by atoms with E-state index in [-0.39, 0.29) is 12.1 Å². The van der Waals surface area contributed by atoms with Crippen molar-refractivity contribution in [3.05, 3.63) is 17.0 Å². The van der Waals surface area contributed by atoms with Gasteiger partial charge in [-0.3, -0.25) is 0 Å². The van der Waals surface area contributed by atoms with Gasteiger partial charge in [0.25, 0.3) is 10.0 Å². The van der Waals surface area contributed by atoms with E-state index in [1.54, 1.807) is 10.4 Å². The Bertz CT molecular complexity index is 569. The summed E-state index contributed by atoms with van der Waals surface area (Å²) >= 11 is 1.29. The number of nitrogens with zero attached hydrogens (tertiary/aromatic N) is 1. The predicted molar refractivity (Wildman–Crippen MR) is 85.1 cm³/mol. The molecule has 1 aromatic rings. The molecule has 1 fully saturated rings. The molecule has 1 aliphatic heterocycles. The van der Waals surface area contributed by atoms with E-state index in [9.17, 15) is 8.42 Å². The maximum absolute atomic E-state index is 12.8. The van der Waals surface area contributed by atoms with E-state index in [0.29, 0.717) is 29.9 Å². The molecule has 1 saturated heterocycles. The molecule has 0 amide bonds. The van der Waals surface area contributed by atoms with Crippen LogP contribution in [0.25, 0.3) is 0 Å². The molecule has 0 aliphatic carbocycles. The van der Waals surface area contributed by atoms with Crippen molar-refractivity contribution in [1.82, 2.24) is 9.62 Å². The number of hydrogen-bond acceptors (Lipinski definition) is 5. The van der Waals surface area contributed by atoms with Crippen molar-refractivity contribution in [2.75, 3.05) is 13.2 Å².